The van der Waals surface area contributed by atoms with Crippen LogP contribution in [0.25, 0.3) is 34.4 Å². The van der Waals surface area contributed by atoms with Gasteiger partial charge in [0.1, 0.15) is 17.8 Å². The largest absolute Gasteiger partial charge is 0.383 e. The number of anilines is 1. The Labute approximate surface area is 195 Å². The first-order valence-corrected chi connectivity index (χ1v) is 11.7. The van der Waals surface area contributed by atoms with Crippen molar-refractivity contribution in [2.45, 2.75) is 18.9 Å². The maximum absolute atomic E-state index is 12.2. The number of thiophene rings is 1. The number of hydrogen-bond donors (Lipinski definition) is 1. The van der Waals surface area contributed by atoms with Crippen molar-refractivity contribution < 1.29 is 4.79 Å². The number of nitrogen functional groups attached to an aromatic ring is 1. The fourth-order valence-electron chi connectivity index (χ4n) is 4.24. The van der Waals surface area contributed by atoms with E-state index in [0.29, 0.717) is 18.0 Å². The maximum atomic E-state index is 12.2. The Morgan fingerprint density at radius 1 is 1.21 bits per heavy atom. The molecule has 4 aromatic rings. The molecule has 33 heavy (non-hydrogen) atoms. The highest BCUT2D eigenvalue weighted by Crippen LogP contribution is 2.36. The summed E-state index contributed by atoms with van der Waals surface area (Å²) in [7, 11) is 0. The molecular formula is C25H24N6OS. The van der Waals surface area contributed by atoms with Gasteiger partial charge in [0.2, 0.25) is 5.91 Å². The second kappa shape index (κ2) is 8.99. The van der Waals surface area contributed by atoms with Crippen LogP contribution in [0.15, 0.2) is 60.8 Å². The highest BCUT2D eigenvalue weighted by Gasteiger charge is 2.28. The minimum absolute atomic E-state index is 0.0179. The first kappa shape index (κ1) is 21.1. The summed E-state index contributed by atoms with van der Waals surface area (Å²) in [6, 6.07) is 12.3. The first-order chi connectivity index (χ1) is 16.1. The van der Waals surface area contributed by atoms with Crippen molar-refractivity contribution in [1.82, 2.24) is 24.6 Å². The van der Waals surface area contributed by atoms with Crippen LogP contribution >= 0.6 is 11.3 Å². The van der Waals surface area contributed by atoms with Gasteiger partial charge >= 0.3 is 0 Å². The lowest BCUT2D eigenvalue weighted by Gasteiger charge is -2.32. The minimum Gasteiger partial charge on any atom is -0.383 e. The summed E-state index contributed by atoms with van der Waals surface area (Å²) in [4.78, 5) is 23.8. The molecule has 0 spiro atoms. The summed E-state index contributed by atoms with van der Waals surface area (Å²) in [6.07, 6.45) is 8.84. The summed E-state index contributed by atoms with van der Waals surface area (Å²) in [5.41, 5.74) is 9.88. The quantitative estimate of drug-likeness (QED) is 0.441. The lowest BCUT2D eigenvalue weighted by atomic mass is 10.1. The Hall–Kier alpha value is -3.78. The van der Waals surface area contributed by atoms with E-state index in [0.717, 1.165) is 46.5 Å². The van der Waals surface area contributed by atoms with E-state index in [1.54, 1.807) is 11.3 Å². The van der Waals surface area contributed by atoms with Crippen molar-refractivity contribution >= 4 is 46.2 Å². The molecule has 4 heterocycles. The Morgan fingerprint density at radius 3 is 2.88 bits per heavy atom. The number of fused-ring (bicyclic) bond motifs is 1. The molecule has 1 atom stereocenters. The van der Waals surface area contributed by atoms with Gasteiger partial charge in [0.25, 0.3) is 0 Å². The van der Waals surface area contributed by atoms with E-state index in [4.69, 9.17) is 10.8 Å². The number of carbonyl (C=O) groups is 1. The van der Waals surface area contributed by atoms with Crippen LogP contribution in [0.5, 0.6) is 0 Å². The average molecular weight is 457 g/mol. The summed E-state index contributed by atoms with van der Waals surface area (Å²) < 4.78 is 1.92. The van der Waals surface area contributed by atoms with Crippen LogP contribution in [0.2, 0.25) is 0 Å². The predicted octanol–water partition coefficient (Wildman–Crippen LogP) is 4.66. The SMILES string of the molecule is C=CC(=O)N1CCCC(n2nc(-c3csc(/C=C/c4ccccc4)c3)c3c(N)ncnc32)C1. The number of nitrogens with two attached hydrogens (primary N) is 1. The maximum Gasteiger partial charge on any atom is 0.246 e. The molecule has 1 aliphatic rings. The molecule has 0 radical (unpaired) electrons. The Balaban J connectivity index is 1.51. The number of amides is 1. The van der Waals surface area contributed by atoms with Gasteiger partial charge in [-0.2, -0.15) is 5.10 Å². The van der Waals surface area contributed by atoms with Gasteiger partial charge in [0.15, 0.2) is 5.65 Å². The number of aromatic nitrogens is 4. The molecule has 0 saturated carbocycles. The fourth-order valence-corrected chi connectivity index (χ4v) is 5.03. The van der Waals surface area contributed by atoms with Gasteiger partial charge in [0.05, 0.1) is 11.4 Å². The molecule has 8 heteroatoms. The summed E-state index contributed by atoms with van der Waals surface area (Å²) >= 11 is 1.65. The second-order valence-electron chi connectivity index (χ2n) is 8.02. The molecule has 1 amide bonds. The molecule has 2 N–H and O–H groups in total. The highest BCUT2D eigenvalue weighted by atomic mass is 32.1. The average Bonchev–Trinajstić information content (AvgIpc) is 3.48. The second-order valence-corrected chi connectivity index (χ2v) is 8.96. The molecule has 1 saturated heterocycles. The highest BCUT2D eigenvalue weighted by molar-refractivity contribution is 7.11. The van der Waals surface area contributed by atoms with E-state index in [-0.39, 0.29) is 11.9 Å². The van der Waals surface area contributed by atoms with Crippen LogP contribution < -0.4 is 5.73 Å². The molecule has 1 fully saturated rings. The van der Waals surface area contributed by atoms with Gasteiger partial charge < -0.3 is 10.6 Å². The van der Waals surface area contributed by atoms with E-state index in [2.05, 4.69) is 52.3 Å². The number of carbonyl (C=O) groups excluding carboxylic acids is 1. The Kier molecular flexibility index (Phi) is 5.75. The van der Waals surface area contributed by atoms with Crippen molar-refractivity contribution in [1.29, 1.82) is 0 Å². The third-order valence-electron chi connectivity index (χ3n) is 5.88. The minimum atomic E-state index is -0.0572. The third kappa shape index (κ3) is 4.17. The molecule has 1 unspecified atom stereocenters. The lowest BCUT2D eigenvalue weighted by molar-refractivity contribution is -0.127. The van der Waals surface area contributed by atoms with Crippen molar-refractivity contribution in [2.75, 3.05) is 18.8 Å². The van der Waals surface area contributed by atoms with Gasteiger partial charge in [-0.25, -0.2) is 14.6 Å². The van der Waals surface area contributed by atoms with Gasteiger partial charge in [-0.15, -0.1) is 11.3 Å². The van der Waals surface area contributed by atoms with E-state index >= 15 is 0 Å². The summed E-state index contributed by atoms with van der Waals surface area (Å²) in [5.74, 6) is 0.349. The number of rotatable bonds is 5. The number of nitrogens with zero attached hydrogens (tertiary/aromatic N) is 5. The van der Waals surface area contributed by atoms with Crippen LogP contribution in [0, 0.1) is 0 Å². The molecule has 0 bridgehead atoms. The van der Waals surface area contributed by atoms with E-state index in [1.807, 2.05) is 27.8 Å². The standard InChI is InChI=1S/C25H24N6OS/c1-2-21(32)30-12-6-9-19(14-30)31-25-22(24(26)27-16-28-25)23(29-31)18-13-20(33-15-18)11-10-17-7-4-3-5-8-17/h2-5,7-8,10-11,13,15-16,19H,1,6,9,12,14H2,(H2,26,27,28)/b11-10+. The van der Waals surface area contributed by atoms with E-state index in [9.17, 15) is 4.79 Å². The molecule has 1 aliphatic heterocycles. The monoisotopic (exact) mass is 456 g/mol. The van der Waals surface area contributed by atoms with Gasteiger partial charge in [0, 0.05) is 28.9 Å². The van der Waals surface area contributed by atoms with Crippen LogP contribution in [0.1, 0.15) is 29.3 Å². The number of likely N-dealkylation sites (tertiary alicyclic amines) is 1. The van der Waals surface area contributed by atoms with Crippen LogP contribution in [0.3, 0.4) is 0 Å². The van der Waals surface area contributed by atoms with Crippen molar-refractivity contribution in [3.8, 4) is 11.3 Å². The van der Waals surface area contributed by atoms with E-state index < -0.39 is 0 Å². The van der Waals surface area contributed by atoms with Crippen molar-refractivity contribution in [3.63, 3.8) is 0 Å². The molecule has 7 nitrogen and oxygen atoms in total. The number of benzene rings is 1. The topological polar surface area (TPSA) is 89.9 Å². The molecule has 3 aromatic heterocycles. The number of piperidine rings is 1. The van der Waals surface area contributed by atoms with Crippen LogP contribution in [0.4, 0.5) is 5.82 Å². The number of hydrogen-bond acceptors (Lipinski definition) is 6. The zero-order valence-electron chi connectivity index (χ0n) is 18.1. The van der Waals surface area contributed by atoms with E-state index in [1.165, 1.54) is 12.4 Å². The zero-order chi connectivity index (χ0) is 22.8. The van der Waals surface area contributed by atoms with Gasteiger partial charge in [-0.3, -0.25) is 4.79 Å². The van der Waals surface area contributed by atoms with Crippen LogP contribution in [-0.4, -0.2) is 43.6 Å². The fraction of sp³-hybridized carbons (Fsp3) is 0.200. The molecule has 0 aliphatic carbocycles. The molecule has 1 aromatic carbocycles. The van der Waals surface area contributed by atoms with Crippen LogP contribution in [-0.2, 0) is 4.79 Å². The molecule has 5 rings (SSSR count). The van der Waals surface area contributed by atoms with Crippen molar-refractivity contribution in [3.05, 3.63) is 71.2 Å². The molecule has 166 valence electrons. The zero-order valence-corrected chi connectivity index (χ0v) is 18.9. The van der Waals surface area contributed by atoms with Gasteiger partial charge in [-0.05, 0) is 36.6 Å². The summed E-state index contributed by atoms with van der Waals surface area (Å²) in [5, 5.41) is 7.78. The first-order valence-electron chi connectivity index (χ1n) is 10.9. The van der Waals surface area contributed by atoms with Crippen molar-refractivity contribution in [2.24, 2.45) is 0 Å². The smallest absolute Gasteiger partial charge is 0.246 e. The lowest BCUT2D eigenvalue weighted by Crippen LogP contribution is -2.40. The Bertz CT molecular complexity index is 1340. The molecular weight excluding hydrogens is 432 g/mol. The summed E-state index contributed by atoms with van der Waals surface area (Å²) in [6.45, 7) is 4.92. The predicted molar refractivity (Wildman–Crippen MR) is 133 cm³/mol. The normalized spacial score (nSPS) is 16.5. The Morgan fingerprint density at radius 2 is 2.06 bits per heavy atom. The van der Waals surface area contributed by atoms with Gasteiger partial charge in [-0.1, -0.05) is 43.0 Å². The third-order valence-corrected chi connectivity index (χ3v) is 6.78.